The van der Waals surface area contributed by atoms with E-state index in [2.05, 4.69) is 10.0 Å². The van der Waals surface area contributed by atoms with Crippen LogP contribution in [0.5, 0.6) is 0 Å². The Balaban J connectivity index is 2.89. The van der Waals surface area contributed by atoms with Crippen LogP contribution in [0.2, 0.25) is 0 Å². The van der Waals surface area contributed by atoms with E-state index in [1.165, 1.54) is 0 Å². The molecule has 5 nitrogen and oxygen atoms in total. The zero-order valence-corrected chi connectivity index (χ0v) is 13.4. The van der Waals surface area contributed by atoms with E-state index in [9.17, 15) is 8.42 Å². The van der Waals surface area contributed by atoms with Crippen molar-refractivity contribution in [3.05, 3.63) is 29.8 Å². The van der Waals surface area contributed by atoms with Gasteiger partial charge in [-0.15, -0.1) is 0 Å². The third kappa shape index (κ3) is 4.86. The Morgan fingerprint density at radius 1 is 1.25 bits per heavy atom. The minimum absolute atomic E-state index is 0.233. The first-order chi connectivity index (χ1) is 9.32. The summed E-state index contributed by atoms with van der Waals surface area (Å²) in [7, 11) is -1.75. The summed E-state index contributed by atoms with van der Waals surface area (Å²) in [5.74, 6) is 0. The molecule has 0 aliphatic rings. The van der Waals surface area contributed by atoms with E-state index in [0.717, 1.165) is 5.56 Å². The summed E-state index contributed by atoms with van der Waals surface area (Å²) in [4.78, 5) is 0.307. The third-order valence-electron chi connectivity index (χ3n) is 2.85. The van der Waals surface area contributed by atoms with Crippen LogP contribution in [0.1, 0.15) is 26.3 Å². The van der Waals surface area contributed by atoms with E-state index in [1.54, 1.807) is 25.2 Å². The lowest BCUT2D eigenvalue weighted by atomic mass is 10.1. The molecule has 0 radical (unpaired) electrons. The Kier molecular flexibility index (Phi) is 6.13. The molecule has 1 aromatic carbocycles. The third-order valence-corrected chi connectivity index (χ3v) is 4.35. The first kappa shape index (κ1) is 17.1. The van der Waals surface area contributed by atoms with Crippen molar-refractivity contribution in [2.45, 2.75) is 37.8 Å². The number of hydrogen-bond acceptors (Lipinski definition) is 4. The van der Waals surface area contributed by atoms with E-state index in [0.29, 0.717) is 18.0 Å². The normalized spacial score (nSPS) is 12.6. The molecule has 0 atom stereocenters. The number of hydrogen-bond donors (Lipinski definition) is 2. The minimum Gasteiger partial charge on any atom is -0.375 e. The van der Waals surface area contributed by atoms with Crippen molar-refractivity contribution in [2.24, 2.45) is 0 Å². The molecule has 0 heterocycles. The second kappa shape index (κ2) is 7.17. The molecule has 114 valence electrons. The Bertz CT molecular complexity index is 527. The smallest absolute Gasteiger partial charge is 0.240 e. The average molecular weight is 300 g/mol. The Morgan fingerprint density at radius 2 is 1.90 bits per heavy atom. The summed E-state index contributed by atoms with van der Waals surface area (Å²) < 4.78 is 32.9. The molecule has 2 N–H and O–H groups in total. The molecular weight excluding hydrogens is 276 g/mol. The lowest BCUT2D eigenvalue weighted by molar-refractivity contribution is -0.00515. The van der Waals surface area contributed by atoms with Crippen LogP contribution in [0, 0.1) is 0 Å². The SMILES string of the molecule is CCOC(C)(C)CNS(=O)(=O)c1ccccc1CNC. The van der Waals surface area contributed by atoms with Crippen LogP contribution in [-0.4, -0.2) is 34.2 Å². The van der Waals surface area contributed by atoms with Gasteiger partial charge in [-0.1, -0.05) is 18.2 Å². The first-order valence-electron chi connectivity index (χ1n) is 6.68. The van der Waals surface area contributed by atoms with E-state index < -0.39 is 15.6 Å². The van der Waals surface area contributed by atoms with Crippen molar-refractivity contribution in [2.75, 3.05) is 20.2 Å². The second-order valence-electron chi connectivity index (χ2n) is 5.16. The monoisotopic (exact) mass is 300 g/mol. The standard InChI is InChI=1S/C14H24N2O3S/c1-5-19-14(2,3)11-16-20(17,18)13-9-7-6-8-12(13)10-15-4/h6-9,15-16H,5,10-11H2,1-4H3. The molecule has 0 saturated carbocycles. The quantitative estimate of drug-likeness (QED) is 0.763. The molecule has 6 heteroatoms. The first-order valence-corrected chi connectivity index (χ1v) is 8.17. The van der Waals surface area contributed by atoms with Gasteiger partial charge in [-0.05, 0) is 39.4 Å². The van der Waals surface area contributed by atoms with Crippen molar-refractivity contribution < 1.29 is 13.2 Å². The maximum atomic E-state index is 12.4. The predicted molar refractivity (Wildman–Crippen MR) is 80.1 cm³/mol. The summed E-state index contributed by atoms with van der Waals surface area (Å²) in [6, 6.07) is 6.97. The fourth-order valence-electron chi connectivity index (χ4n) is 1.89. The molecule has 0 aliphatic carbocycles. The highest BCUT2D eigenvalue weighted by Gasteiger charge is 2.23. The summed E-state index contributed by atoms with van der Waals surface area (Å²) in [5.41, 5.74) is 0.219. The van der Waals surface area contributed by atoms with Gasteiger partial charge >= 0.3 is 0 Å². The Labute approximate surface area is 121 Å². The zero-order valence-electron chi connectivity index (χ0n) is 12.6. The molecule has 0 spiro atoms. The van der Waals surface area contributed by atoms with Crippen LogP contribution in [0.4, 0.5) is 0 Å². The minimum atomic E-state index is -3.53. The summed E-state index contributed by atoms with van der Waals surface area (Å²) in [6.45, 7) is 6.89. The van der Waals surface area contributed by atoms with Crippen molar-refractivity contribution in [1.29, 1.82) is 0 Å². The molecule has 0 aromatic heterocycles. The number of nitrogens with one attached hydrogen (secondary N) is 2. The number of ether oxygens (including phenoxy) is 1. The van der Waals surface area contributed by atoms with E-state index in [4.69, 9.17) is 4.74 Å². The summed E-state index contributed by atoms with van der Waals surface area (Å²) in [5, 5.41) is 2.97. The van der Waals surface area contributed by atoms with Crippen LogP contribution in [-0.2, 0) is 21.3 Å². The Hall–Kier alpha value is -0.950. The topological polar surface area (TPSA) is 67.4 Å². The molecule has 0 amide bonds. The van der Waals surface area contributed by atoms with Gasteiger partial charge in [0.05, 0.1) is 10.5 Å². The largest absolute Gasteiger partial charge is 0.375 e. The van der Waals surface area contributed by atoms with Crippen LogP contribution in [0.25, 0.3) is 0 Å². The molecule has 0 unspecified atom stereocenters. The number of benzene rings is 1. The van der Waals surface area contributed by atoms with Gasteiger partial charge in [-0.3, -0.25) is 0 Å². The number of rotatable bonds is 8. The van der Waals surface area contributed by atoms with Crippen LogP contribution in [0.15, 0.2) is 29.2 Å². The molecule has 0 fully saturated rings. The van der Waals surface area contributed by atoms with Gasteiger partial charge in [0, 0.05) is 19.7 Å². The van der Waals surface area contributed by atoms with Crippen molar-refractivity contribution in [3.63, 3.8) is 0 Å². The fraction of sp³-hybridized carbons (Fsp3) is 0.571. The molecule has 0 bridgehead atoms. The van der Waals surface area contributed by atoms with E-state index in [1.807, 2.05) is 26.8 Å². The molecule has 0 saturated heterocycles. The van der Waals surface area contributed by atoms with Crippen LogP contribution >= 0.6 is 0 Å². The molecular formula is C14H24N2O3S. The van der Waals surface area contributed by atoms with Crippen molar-refractivity contribution in [3.8, 4) is 0 Å². The highest BCUT2D eigenvalue weighted by molar-refractivity contribution is 7.89. The Morgan fingerprint density at radius 3 is 2.50 bits per heavy atom. The lowest BCUT2D eigenvalue weighted by Gasteiger charge is -2.25. The van der Waals surface area contributed by atoms with Crippen LogP contribution < -0.4 is 10.0 Å². The average Bonchev–Trinajstić information content (AvgIpc) is 2.38. The highest BCUT2D eigenvalue weighted by atomic mass is 32.2. The van der Waals surface area contributed by atoms with Crippen molar-refractivity contribution >= 4 is 10.0 Å². The molecule has 0 aliphatic heterocycles. The summed E-state index contributed by atoms with van der Waals surface area (Å²) in [6.07, 6.45) is 0. The molecule has 1 rings (SSSR count). The van der Waals surface area contributed by atoms with Gasteiger partial charge in [-0.2, -0.15) is 0 Å². The fourth-order valence-corrected chi connectivity index (χ4v) is 3.33. The maximum absolute atomic E-state index is 12.4. The van der Waals surface area contributed by atoms with E-state index in [-0.39, 0.29) is 6.54 Å². The zero-order chi connectivity index (χ0) is 15.2. The lowest BCUT2D eigenvalue weighted by Crippen LogP contribution is -2.40. The molecule has 20 heavy (non-hydrogen) atoms. The van der Waals surface area contributed by atoms with Gasteiger partial charge in [0.25, 0.3) is 0 Å². The van der Waals surface area contributed by atoms with Gasteiger partial charge in [0.2, 0.25) is 10.0 Å². The van der Waals surface area contributed by atoms with Gasteiger partial charge in [-0.25, -0.2) is 13.1 Å². The van der Waals surface area contributed by atoms with E-state index >= 15 is 0 Å². The van der Waals surface area contributed by atoms with Gasteiger partial charge in [0.1, 0.15) is 0 Å². The predicted octanol–water partition coefficient (Wildman–Crippen LogP) is 1.50. The summed E-state index contributed by atoms with van der Waals surface area (Å²) >= 11 is 0. The van der Waals surface area contributed by atoms with Gasteiger partial charge in [0.15, 0.2) is 0 Å². The highest BCUT2D eigenvalue weighted by Crippen LogP contribution is 2.16. The van der Waals surface area contributed by atoms with Crippen molar-refractivity contribution in [1.82, 2.24) is 10.0 Å². The second-order valence-corrected chi connectivity index (χ2v) is 6.89. The van der Waals surface area contributed by atoms with Gasteiger partial charge < -0.3 is 10.1 Å². The maximum Gasteiger partial charge on any atom is 0.240 e. The molecule has 1 aromatic rings. The number of sulfonamides is 1. The van der Waals surface area contributed by atoms with Crippen LogP contribution in [0.3, 0.4) is 0 Å².